The van der Waals surface area contributed by atoms with Crippen molar-refractivity contribution < 1.29 is 0 Å². The average Bonchev–Trinajstić information content (AvgIpc) is 2.66. The molecular formula is C24H31N. The van der Waals surface area contributed by atoms with Crippen molar-refractivity contribution >= 4 is 17.3 Å². The van der Waals surface area contributed by atoms with Crippen molar-refractivity contribution in [2.45, 2.75) is 52.5 Å². The monoisotopic (exact) mass is 333 g/mol. The number of anilines is 1. The van der Waals surface area contributed by atoms with E-state index in [2.05, 4.69) is 75.6 Å². The van der Waals surface area contributed by atoms with Crippen LogP contribution in [0.15, 0.2) is 55.6 Å². The predicted octanol–water partition coefficient (Wildman–Crippen LogP) is 6.75. The molecule has 1 nitrogen and oxygen atoms in total. The summed E-state index contributed by atoms with van der Waals surface area (Å²) in [4.78, 5) is 0. The van der Waals surface area contributed by atoms with Gasteiger partial charge in [0, 0.05) is 11.7 Å². The molecule has 0 aromatic heterocycles. The maximum Gasteiger partial charge on any atom is 0.0485 e. The Morgan fingerprint density at radius 1 is 1.12 bits per heavy atom. The summed E-state index contributed by atoms with van der Waals surface area (Å²) >= 11 is 0. The van der Waals surface area contributed by atoms with Crippen molar-refractivity contribution in [2.24, 2.45) is 0 Å². The van der Waals surface area contributed by atoms with E-state index in [0.717, 1.165) is 23.1 Å². The van der Waals surface area contributed by atoms with Crippen LogP contribution in [-0.2, 0) is 12.8 Å². The molecule has 0 heterocycles. The van der Waals surface area contributed by atoms with E-state index in [0.29, 0.717) is 0 Å². The largest absolute Gasteiger partial charge is 0.379 e. The second-order valence-electron chi connectivity index (χ2n) is 6.62. The Kier molecular flexibility index (Phi) is 7.06. The molecule has 0 fully saturated rings. The molecule has 1 N–H and O–H groups in total. The number of aryl methyl sites for hydroxylation is 2. The van der Waals surface area contributed by atoms with Gasteiger partial charge in [-0.3, -0.25) is 0 Å². The van der Waals surface area contributed by atoms with Crippen LogP contribution in [0, 0.1) is 0 Å². The van der Waals surface area contributed by atoms with Gasteiger partial charge in [-0.25, -0.2) is 0 Å². The van der Waals surface area contributed by atoms with E-state index in [1.807, 2.05) is 12.1 Å². The molecule has 132 valence electrons. The van der Waals surface area contributed by atoms with E-state index in [1.165, 1.54) is 36.1 Å². The van der Waals surface area contributed by atoms with Crippen LogP contribution in [0.5, 0.6) is 0 Å². The lowest BCUT2D eigenvalue weighted by Gasteiger charge is -2.21. The lowest BCUT2D eigenvalue weighted by atomic mass is 9.95. The molecule has 1 heteroatoms. The van der Waals surface area contributed by atoms with Crippen molar-refractivity contribution in [1.29, 1.82) is 0 Å². The fourth-order valence-corrected chi connectivity index (χ4v) is 3.19. The van der Waals surface area contributed by atoms with Gasteiger partial charge >= 0.3 is 0 Å². The first-order valence-electron chi connectivity index (χ1n) is 9.39. The van der Waals surface area contributed by atoms with E-state index in [9.17, 15) is 0 Å². The minimum atomic E-state index is 0.160. The molecule has 0 radical (unpaired) electrons. The van der Waals surface area contributed by atoms with Crippen molar-refractivity contribution in [2.75, 3.05) is 5.32 Å². The number of nitrogens with one attached hydrogen (secondary N) is 1. The smallest absolute Gasteiger partial charge is 0.0485 e. The van der Waals surface area contributed by atoms with Crippen molar-refractivity contribution in [3.8, 4) is 0 Å². The Hall–Kier alpha value is -2.28. The molecule has 0 saturated heterocycles. The van der Waals surface area contributed by atoms with Gasteiger partial charge < -0.3 is 5.32 Å². The van der Waals surface area contributed by atoms with Crippen LogP contribution < -0.4 is 5.32 Å². The highest BCUT2D eigenvalue weighted by atomic mass is 14.9. The first-order chi connectivity index (χ1) is 12.1. The summed E-state index contributed by atoms with van der Waals surface area (Å²) in [7, 11) is 0. The van der Waals surface area contributed by atoms with Gasteiger partial charge in [-0.1, -0.05) is 69.8 Å². The van der Waals surface area contributed by atoms with Crippen molar-refractivity contribution in [3.63, 3.8) is 0 Å². The Bertz CT molecular complexity index is 727. The highest BCUT2D eigenvalue weighted by Crippen LogP contribution is 2.25. The number of benzene rings is 2. The lowest BCUT2D eigenvalue weighted by molar-refractivity contribution is 0.787. The standard InChI is InChI=1S/C24H31N/c1-6-9-12-22-15-16-23(17-21(22)8-3)25-19(5)18(4)24-14-11-10-13-20(24)7-2/h7,10-11,13-17,19,25H,2,4,6,8-9,12H2,1,3,5H3. The molecule has 0 aliphatic heterocycles. The van der Waals surface area contributed by atoms with Crippen molar-refractivity contribution in [1.82, 2.24) is 0 Å². The topological polar surface area (TPSA) is 12.0 Å². The first-order valence-corrected chi connectivity index (χ1v) is 9.39. The second-order valence-corrected chi connectivity index (χ2v) is 6.62. The summed E-state index contributed by atoms with van der Waals surface area (Å²) in [5, 5.41) is 3.62. The van der Waals surface area contributed by atoms with Gasteiger partial charge in [0.1, 0.15) is 0 Å². The lowest BCUT2D eigenvalue weighted by Crippen LogP contribution is -2.17. The minimum absolute atomic E-state index is 0.160. The van der Waals surface area contributed by atoms with Crippen LogP contribution in [0.2, 0.25) is 0 Å². The number of hydrogen-bond acceptors (Lipinski definition) is 1. The zero-order valence-corrected chi connectivity index (χ0v) is 15.9. The Balaban J connectivity index is 2.15. The van der Waals surface area contributed by atoms with Crippen LogP contribution in [0.1, 0.15) is 55.9 Å². The van der Waals surface area contributed by atoms with Gasteiger partial charge in [0.05, 0.1) is 0 Å². The fraction of sp³-hybridized carbons (Fsp3) is 0.333. The van der Waals surface area contributed by atoms with Crippen LogP contribution in [-0.4, -0.2) is 6.04 Å². The number of rotatable bonds is 9. The molecule has 25 heavy (non-hydrogen) atoms. The van der Waals surface area contributed by atoms with Crippen LogP contribution >= 0.6 is 0 Å². The summed E-state index contributed by atoms with van der Waals surface area (Å²) in [6.07, 6.45) is 6.64. The predicted molar refractivity (Wildman–Crippen MR) is 113 cm³/mol. The molecule has 1 unspecified atom stereocenters. The third-order valence-corrected chi connectivity index (χ3v) is 4.82. The molecule has 0 aliphatic carbocycles. The summed E-state index contributed by atoms with van der Waals surface area (Å²) in [6, 6.07) is 15.2. The van der Waals surface area contributed by atoms with E-state index in [1.54, 1.807) is 0 Å². The fourth-order valence-electron chi connectivity index (χ4n) is 3.19. The summed E-state index contributed by atoms with van der Waals surface area (Å²) in [5.41, 5.74) is 7.48. The molecule has 0 spiro atoms. The molecule has 1 atom stereocenters. The number of unbranched alkanes of at least 4 members (excludes halogenated alkanes) is 1. The minimum Gasteiger partial charge on any atom is -0.379 e. The third kappa shape index (κ3) is 4.85. The van der Waals surface area contributed by atoms with E-state index in [-0.39, 0.29) is 6.04 Å². The highest BCUT2D eigenvalue weighted by Gasteiger charge is 2.12. The first kappa shape index (κ1) is 19.1. The van der Waals surface area contributed by atoms with Crippen LogP contribution in [0.4, 0.5) is 5.69 Å². The molecule has 0 bridgehead atoms. The quantitative estimate of drug-likeness (QED) is 0.535. The Labute approximate surface area is 153 Å². The van der Waals surface area contributed by atoms with Gasteiger partial charge in [0.25, 0.3) is 0 Å². The van der Waals surface area contributed by atoms with Gasteiger partial charge in [-0.2, -0.15) is 0 Å². The normalized spacial score (nSPS) is 11.8. The zero-order valence-electron chi connectivity index (χ0n) is 15.9. The second kappa shape index (κ2) is 9.27. The van der Waals surface area contributed by atoms with E-state index >= 15 is 0 Å². The molecule has 0 saturated carbocycles. The SMILES string of the molecule is C=Cc1ccccc1C(=C)C(C)Nc1ccc(CCCC)c(CC)c1. The molecular weight excluding hydrogens is 302 g/mol. The third-order valence-electron chi connectivity index (χ3n) is 4.82. The van der Waals surface area contributed by atoms with Gasteiger partial charge in [0.15, 0.2) is 0 Å². The van der Waals surface area contributed by atoms with Gasteiger partial charge in [0.2, 0.25) is 0 Å². The summed E-state index contributed by atoms with van der Waals surface area (Å²) in [6.45, 7) is 14.9. The molecule has 2 rings (SSSR count). The molecule has 2 aromatic carbocycles. The Morgan fingerprint density at radius 3 is 2.56 bits per heavy atom. The average molecular weight is 334 g/mol. The zero-order chi connectivity index (χ0) is 18.2. The van der Waals surface area contributed by atoms with E-state index in [4.69, 9.17) is 0 Å². The van der Waals surface area contributed by atoms with E-state index < -0.39 is 0 Å². The van der Waals surface area contributed by atoms with Crippen LogP contribution in [0.25, 0.3) is 11.6 Å². The molecule has 0 amide bonds. The van der Waals surface area contributed by atoms with Crippen molar-refractivity contribution in [3.05, 3.63) is 77.9 Å². The van der Waals surface area contributed by atoms with Gasteiger partial charge in [-0.05, 0) is 66.1 Å². The maximum atomic E-state index is 4.32. The number of hydrogen-bond donors (Lipinski definition) is 1. The van der Waals surface area contributed by atoms with Gasteiger partial charge in [-0.15, -0.1) is 0 Å². The molecule has 0 aliphatic rings. The highest BCUT2D eigenvalue weighted by molar-refractivity contribution is 5.77. The summed E-state index contributed by atoms with van der Waals surface area (Å²) in [5.74, 6) is 0. The van der Waals surface area contributed by atoms with Crippen LogP contribution in [0.3, 0.4) is 0 Å². The maximum absolute atomic E-state index is 4.32. The molecule has 2 aromatic rings. The summed E-state index contributed by atoms with van der Waals surface area (Å²) < 4.78 is 0. The Morgan fingerprint density at radius 2 is 1.88 bits per heavy atom.